The molecule has 6 heteroatoms. The number of aromatic nitrogens is 3. The van der Waals surface area contributed by atoms with Crippen molar-refractivity contribution in [3.8, 4) is 0 Å². The highest BCUT2D eigenvalue weighted by Gasteiger charge is 2.14. The van der Waals surface area contributed by atoms with Gasteiger partial charge in [0, 0.05) is 25.5 Å². The van der Waals surface area contributed by atoms with E-state index < -0.39 is 0 Å². The third kappa shape index (κ3) is 3.01. The zero-order valence-electron chi connectivity index (χ0n) is 12.9. The second kappa shape index (κ2) is 6.48. The number of fused-ring (bicyclic) bond motifs is 1. The largest absolute Gasteiger partial charge is 0.350 e. The lowest BCUT2D eigenvalue weighted by molar-refractivity contribution is -0.121. The maximum absolute atomic E-state index is 12.5. The van der Waals surface area contributed by atoms with Crippen molar-refractivity contribution in [2.24, 2.45) is 0 Å². The van der Waals surface area contributed by atoms with E-state index in [-0.39, 0.29) is 18.1 Å². The molecule has 0 saturated heterocycles. The molecule has 1 aromatic carbocycles. The molecule has 2 aromatic heterocycles. The van der Waals surface area contributed by atoms with E-state index in [0.717, 1.165) is 16.6 Å². The first-order valence-corrected chi connectivity index (χ1v) is 7.54. The van der Waals surface area contributed by atoms with Crippen molar-refractivity contribution in [1.29, 1.82) is 0 Å². The summed E-state index contributed by atoms with van der Waals surface area (Å²) in [5.41, 5.74) is 2.38. The van der Waals surface area contributed by atoms with Crippen LogP contribution in [0.25, 0.3) is 11.0 Å². The van der Waals surface area contributed by atoms with Crippen molar-refractivity contribution in [2.75, 3.05) is 0 Å². The fourth-order valence-corrected chi connectivity index (χ4v) is 2.63. The van der Waals surface area contributed by atoms with Crippen LogP contribution in [0.4, 0.5) is 0 Å². The number of nitrogens with one attached hydrogen (secondary N) is 1. The summed E-state index contributed by atoms with van der Waals surface area (Å²) in [7, 11) is 0. The molecule has 0 fully saturated rings. The van der Waals surface area contributed by atoms with E-state index in [0.29, 0.717) is 13.1 Å². The lowest BCUT2D eigenvalue weighted by atomic mass is 10.3. The first-order valence-electron chi connectivity index (χ1n) is 7.54. The van der Waals surface area contributed by atoms with Crippen LogP contribution in [0.3, 0.4) is 0 Å². The number of benzene rings is 1. The average Bonchev–Trinajstić information content (AvgIpc) is 2.85. The standard InChI is InChI=1S/C17H18N4O2/c1-2-20-14-7-3-4-8-15(14)21(17(20)23)12-16(22)19-11-13-6-5-9-18-10-13/h3-10H,2,11-12H2,1H3,(H,19,22). The van der Waals surface area contributed by atoms with Crippen LogP contribution in [0.15, 0.2) is 53.6 Å². The number of rotatable bonds is 5. The van der Waals surface area contributed by atoms with Crippen LogP contribution < -0.4 is 11.0 Å². The predicted molar refractivity (Wildman–Crippen MR) is 88.0 cm³/mol. The molecule has 0 unspecified atom stereocenters. The van der Waals surface area contributed by atoms with Crippen molar-refractivity contribution in [2.45, 2.75) is 26.6 Å². The van der Waals surface area contributed by atoms with Gasteiger partial charge in [-0.05, 0) is 30.7 Å². The second-order valence-electron chi connectivity index (χ2n) is 5.24. The predicted octanol–water partition coefficient (Wildman–Crippen LogP) is 1.53. The maximum atomic E-state index is 12.5. The molecule has 0 aliphatic rings. The molecule has 0 spiro atoms. The summed E-state index contributed by atoms with van der Waals surface area (Å²) >= 11 is 0. The highest BCUT2D eigenvalue weighted by Crippen LogP contribution is 2.12. The Labute approximate surface area is 133 Å². The van der Waals surface area contributed by atoms with E-state index in [1.807, 2.05) is 43.3 Å². The van der Waals surface area contributed by atoms with Crippen LogP contribution in [0.1, 0.15) is 12.5 Å². The van der Waals surface area contributed by atoms with Gasteiger partial charge < -0.3 is 5.32 Å². The molecule has 3 aromatic rings. The van der Waals surface area contributed by atoms with Crippen LogP contribution in [-0.2, 0) is 24.4 Å². The molecule has 1 amide bonds. The van der Waals surface area contributed by atoms with E-state index in [9.17, 15) is 9.59 Å². The van der Waals surface area contributed by atoms with Crippen LogP contribution in [0, 0.1) is 0 Å². The zero-order chi connectivity index (χ0) is 16.2. The molecule has 0 aliphatic heterocycles. The Kier molecular flexibility index (Phi) is 4.23. The van der Waals surface area contributed by atoms with Crippen molar-refractivity contribution >= 4 is 16.9 Å². The smallest absolute Gasteiger partial charge is 0.329 e. The van der Waals surface area contributed by atoms with Gasteiger partial charge in [-0.2, -0.15) is 0 Å². The molecule has 0 radical (unpaired) electrons. The third-order valence-corrected chi connectivity index (χ3v) is 3.76. The van der Waals surface area contributed by atoms with Crippen LogP contribution >= 0.6 is 0 Å². The minimum absolute atomic E-state index is 0.00656. The first-order chi connectivity index (χ1) is 11.2. The molecule has 3 rings (SSSR count). The summed E-state index contributed by atoms with van der Waals surface area (Å²) in [5.74, 6) is -0.199. The van der Waals surface area contributed by atoms with Gasteiger partial charge in [-0.1, -0.05) is 18.2 Å². The SMILES string of the molecule is CCn1c(=O)n(CC(=O)NCc2cccnc2)c2ccccc21. The molecule has 6 nitrogen and oxygen atoms in total. The number of hydrogen-bond acceptors (Lipinski definition) is 3. The third-order valence-electron chi connectivity index (χ3n) is 3.76. The van der Waals surface area contributed by atoms with Gasteiger partial charge in [-0.25, -0.2) is 4.79 Å². The summed E-state index contributed by atoms with van der Waals surface area (Å²) < 4.78 is 3.18. The molecule has 2 heterocycles. The molecule has 0 saturated carbocycles. The first kappa shape index (κ1) is 15.0. The van der Waals surface area contributed by atoms with E-state index in [2.05, 4.69) is 10.3 Å². The minimum atomic E-state index is -0.199. The molecule has 1 N–H and O–H groups in total. The normalized spacial score (nSPS) is 10.8. The maximum Gasteiger partial charge on any atom is 0.329 e. The van der Waals surface area contributed by atoms with Crippen LogP contribution in [0.5, 0.6) is 0 Å². The monoisotopic (exact) mass is 310 g/mol. The van der Waals surface area contributed by atoms with Crippen molar-refractivity contribution in [3.63, 3.8) is 0 Å². The number of nitrogens with zero attached hydrogens (tertiary/aromatic N) is 3. The van der Waals surface area contributed by atoms with Crippen molar-refractivity contribution < 1.29 is 4.79 Å². The summed E-state index contributed by atoms with van der Waals surface area (Å²) in [4.78, 5) is 28.7. The van der Waals surface area contributed by atoms with Gasteiger partial charge in [0.15, 0.2) is 0 Å². The number of imidazole rings is 1. The van der Waals surface area contributed by atoms with Gasteiger partial charge >= 0.3 is 5.69 Å². The van der Waals surface area contributed by atoms with Gasteiger partial charge in [0.25, 0.3) is 0 Å². The lowest BCUT2D eigenvalue weighted by Gasteiger charge is -2.06. The number of carbonyl (C=O) groups is 1. The fourth-order valence-electron chi connectivity index (χ4n) is 2.63. The number of para-hydroxylation sites is 2. The zero-order valence-corrected chi connectivity index (χ0v) is 12.9. The van der Waals surface area contributed by atoms with Gasteiger partial charge in [-0.3, -0.25) is 18.9 Å². The Balaban J connectivity index is 1.80. The highest BCUT2D eigenvalue weighted by atomic mass is 16.2. The van der Waals surface area contributed by atoms with Crippen molar-refractivity contribution in [1.82, 2.24) is 19.4 Å². The van der Waals surface area contributed by atoms with E-state index in [4.69, 9.17) is 0 Å². The van der Waals surface area contributed by atoms with Gasteiger partial charge in [-0.15, -0.1) is 0 Å². The lowest BCUT2D eigenvalue weighted by Crippen LogP contribution is -2.32. The summed E-state index contributed by atoms with van der Waals surface area (Å²) in [6.45, 7) is 2.89. The van der Waals surface area contributed by atoms with Crippen LogP contribution in [-0.4, -0.2) is 20.0 Å². The van der Waals surface area contributed by atoms with E-state index in [1.165, 1.54) is 4.57 Å². The molecule has 0 atom stereocenters. The summed E-state index contributed by atoms with van der Waals surface area (Å²) in [5, 5.41) is 2.82. The van der Waals surface area contributed by atoms with Gasteiger partial charge in [0.05, 0.1) is 11.0 Å². The van der Waals surface area contributed by atoms with Gasteiger partial charge in [0.2, 0.25) is 5.91 Å². The highest BCUT2D eigenvalue weighted by molar-refractivity contribution is 5.80. The molecule has 118 valence electrons. The van der Waals surface area contributed by atoms with Crippen LogP contribution in [0.2, 0.25) is 0 Å². The molecule has 23 heavy (non-hydrogen) atoms. The number of aryl methyl sites for hydroxylation is 1. The number of hydrogen-bond donors (Lipinski definition) is 1. The molecule has 0 bridgehead atoms. The Hall–Kier alpha value is -2.89. The topological polar surface area (TPSA) is 68.9 Å². The number of amides is 1. The number of pyridine rings is 1. The Bertz CT molecular complexity index is 880. The van der Waals surface area contributed by atoms with E-state index in [1.54, 1.807) is 17.0 Å². The van der Waals surface area contributed by atoms with Gasteiger partial charge in [0.1, 0.15) is 6.54 Å². The molecular formula is C17H18N4O2. The molecule has 0 aliphatic carbocycles. The van der Waals surface area contributed by atoms with E-state index >= 15 is 0 Å². The average molecular weight is 310 g/mol. The number of carbonyl (C=O) groups excluding carboxylic acids is 1. The Morgan fingerprint density at radius 1 is 1.13 bits per heavy atom. The molecular weight excluding hydrogens is 292 g/mol. The fraction of sp³-hybridized carbons (Fsp3) is 0.235. The minimum Gasteiger partial charge on any atom is -0.350 e. The quantitative estimate of drug-likeness (QED) is 0.777. The van der Waals surface area contributed by atoms with Crippen molar-refractivity contribution in [3.05, 3.63) is 64.8 Å². The summed E-state index contributed by atoms with van der Waals surface area (Å²) in [6.07, 6.45) is 3.39. The Morgan fingerprint density at radius 2 is 1.87 bits per heavy atom. The Morgan fingerprint density at radius 3 is 2.52 bits per heavy atom. The summed E-state index contributed by atoms with van der Waals surface area (Å²) in [6, 6.07) is 11.2. The second-order valence-corrected chi connectivity index (χ2v) is 5.24.